The van der Waals surface area contributed by atoms with Crippen LogP contribution in [0, 0.1) is 42.4 Å². The zero-order chi connectivity index (χ0) is 108. The number of rotatable bonds is 27. The van der Waals surface area contributed by atoms with Gasteiger partial charge in [-0.1, -0.05) is 122 Å². The summed E-state index contributed by atoms with van der Waals surface area (Å²) in [7, 11) is 10.6. The number of aromatic nitrogens is 7. The zero-order valence-corrected chi connectivity index (χ0v) is 91.6. The molecule has 0 bridgehead atoms. The maximum Gasteiger partial charge on any atom is 0.311 e. The Labute approximate surface area is 868 Å². The summed E-state index contributed by atoms with van der Waals surface area (Å²) in [6.07, 6.45) is -8.68. The molecule has 0 spiro atoms. The number of likely N-dealkylation sites (N-methyl/N-ethyl adjacent to an activating group) is 4. The number of cyclic esters (lactones) is 2. The Bertz CT molecular complexity index is 5020. The fourth-order valence-corrected chi connectivity index (χ4v) is 23.3. The number of aryl methyl sites for hydroxylation is 1. The van der Waals surface area contributed by atoms with Crippen molar-refractivity contribution in [3.05, 3.63) is 114 Å². The third kappa shape index (κ3) is 28.7. The molecule has 2 aromatic carbocycles. The SMILES string of the molecule is CC[C@H]1OC(=O)[C@H](C)[C@@H](O[C@H]2C[C@@](C)(OC)[C@@H](O)[C@H](C)O2)[C@H](C)[C@@H](O[C@@H]2O[C@H](C)C[C@H](N(C)CCc3cn(CC4CC(c5ccc(C)cc5)=NO4)nn3)[C@H]2O)[C@](C)(O)C[C@@H](C)CN(C)[C@H](C)[C@@H](O)[C@]1(C)O.CC[C@H]1OC(=O)[C@H](C)[C@@H](O[C@H]2C[C@@](C)(OC)[C@@H](O)[C@H](C)O2)[C@H](C)[C@@H](O[C@@H]2O[C@H](C)C[C@H](N(C)CCc3cn(C[C@H]4CC(c5ccc(-c6cccnc6)cc5)=NO4)nn3)[C@H]2O)[C@](C)(O)C[C@@H](C)CN(C)[C@H](C)[C@@H](O)[C@]1(C)O. The Hall–Kier alpha value is -7.21. The van der Waals surface area contributed by atoms with Crippen molar-refractivity contribution >= 4 is 23.4 Å². The van der Waals surface area contributed by atoms with Gasteiger partial charge >= 0.3 is 11.9 Å². The molecule has 5 aromatic rings. The fraction of sp³-hybridized carbons (Fsp3) is 0.769. The van der Waals surface area contributed by atoms with E-state index >= 15 is 0 Å². The largest absolute Gasteiger partial charge is 0.459 e. The summed E-state index contributed by atoms with van der Waals surface area (Å²) in [5, 5.41) is 146. The molecular formula is C108H173N13O26. The number of nitrogens with zero attached hydrogens (tertiary/aromatic N) is 13. The minimum atomic E-state index is -1.84. The maximum atomic E-state index is 14.5. The van der Waals surface area contributed by atoms with Crippen LogP contribution in [0.2, 0.25) is 0 Å². The first-order chi connectivity index (χ1) is 69.1. The van der Waals surface area contributed by atoms with Gasteiger partial charge in [-0.05, 0) is 211 Å². The van der Waals surface area contributed by atoms with Crippen molar-refractivity contribution in [3.8, 4) is 11.1 Å². The molecule has 6 saturated heterocycles. The fourth-order valence-electron chi connectivity index (χ4n) is 23.3. The molecule has 39 heteroatoms. The van der Waals surface area contributed by atoms with E-state index in [4.69, 9.17) is 66.5 Å². The first-order valence-corrected chi connectivity index (χ1v) is 53.0. The Morgan fingerprint density at radius 3 is 1.24 bits per heavy atom. The topological polar surface area (TPSA) is 478 Å². The molecule has 6 fully saturated rings. The molecule has 10 N–H and O–H groups in total. The van der Waals surface area contributed by atoms with E-state index in [9.17, 15) is 60.7 Å². The third-order valence-corrected chi connectivity index (χ3v) is 32.7. The van der Waals surface area contributed by atoms with Crippen LogP contribution < -0.4 is 0 Å². The van der Waals surface area contributed by atoms with Crippen molar-refractivity contribution in [2.75, 3.05) is 68.6 Å². The van der Waals surface area contributed by atoms with E-state index in [1.165, 1.54) is 33.6 Å². The monoisotopic (exact) mass is 2070 g/mol. The van der Waals surface area contributed by atoms with Gasteiger partial charge in [-0.3, -0.25) is 14.6 Å². The van der Waals surface area contributed by atoms with Crippen molar-refractivity contribution in [1.82, 2.24) is 54.6 Å². The second-order valence-electron chi connectivity index (χ2n) is 45.4. The van der Waals surface area contributed by atoms with Crippen LogP contribution in [-0.2, 0) is 102 Å². The molecule has 39 nitrogen and oxygen atoms in total. The van der Waals surface area contributed by atoms with Crippen LogP contribution in [0.4, 0.5) is 0 Å². The summed E-state index contributed by atoms with van der Waals surface area (Å²) in [4.78, 5) is 52.8. The predicted octanol–water partition coefficient (Wildman–Crippen LogP) is 7.97. The Balaban J connectivity index is 0.000000262. The second-order valence-corrected chi connectivity index (χ2v) is 45.4. The lowest BCUT2D eigenvalue weighted by atomic mass is 9.77. The van der Waals surface area contributed by atoms with Crippen molar-refractivity contribution in [3.63, 3.8) is 0 Å². The number of methoxy groups -OCH3 is 2. The Morgan fingerprint density at radius 1 is 0.490 bits per heavy atom. The molecule has 1 unspecified atom stereocenters. The second kappa shape index (κ2) is 50.3. The van der Waals surface area contributed by atoms with Gasteiger partial charge in [-0.15, -0.1) is 10.2 Å². The highest BCUT2D eigenvalue weighted by Gasteiger charge is 2.57. The average Bonchev–Trinajstić information content (AvgIpc) is 1.70. The Kier molecular flexibility index (Phi) is 40.6. The van der Waals surface area contributed by atoms with Gasteiger partial charge in [0.2, 0.25) is 0 Å². The third-order valence-electron chi connectivity index (χ3n) is 32.7. The van der Waals surface area contributed by atoms with E-state index in [1.54, 1.807) is 98.6 Å². The number of oxime groups is 2. The molecule has 826 valence electrons. The van der Waals surface area contributed by atoms with Crippen molar-refractivity contribution in [1.29, 1.82) is 0 Å². The smallest absolute Gasteiger partial charge is 0.311 e. The molecular weight excluding hydrogens is 1900 g/mol. The Morgan fingerprint density at radius 2 is 0.871 bits per heavy atom. The molecule has 13 rings (SSSR count). The van der Waals surface area contributed by atoms with Crippen LogP contribution in [0.5, 0.6) is 0 Å². The molecule has 0 saturated carbocycles. The quantitative estimate of drug-likeness (QED) is 0.0223. The molecule has 38 atom stereocenters. The summed E-state index contributed by atoms with van der Waals surface area (Å²) < 4.78 is 80.3. The minimum Gasteiger partial charge on any atom is -0.459 e. The lowest BCUT2D eigenvalue weighted by molar-refractivity contribution is -0.318. The number of carbonyl (C=O) groups is 2. The van der Waals surface area contributed by atoms with Crippen LogP contribution in [0.15, 0.2) is 95.8 Å². The van der Waals surface area contributed by atoms with Crippen molar-refractivity contribution < 1.29 is 127 Å². The molecule has 3 aromatic heterocycles. The van der Waals surface area contributed by atoms with E-state index in [-0.39, 0.29) is 74.8 Å². The lowest BCUT2D eigenvalue weighted by Gasteiger charge is -2.49. The maximum absolute atomic E-state index is 14.5. The summed E-state index contributed by atoms with van der Waals surface area (Å²) in [6.45, 7) is 40.1. The molecule has 8 aliphatic heterocycles. The van der Waals surface area contributed by atoms with E-state index in [2.05, 4.69) is 89.0 Å². The molecule has 0 radical (unpaired) electrons. The number of hydrogen-bond donors (Lipinski definition) is 10. The average molecular weight is 2070 g/mol. The summed E-state index contributed by atoms with van der Waals surface area (Å²) in [5.41, 5.74) is -0.398. The van der Waals surface area contributed by atoms with Crippen LogP contribution in [0.25, 0.3) is 11.1 Å². The highest BCUT2D eigenvalue weighted by Crippen LogP contribution is 2.45. The first kappa shape index (κ1) is 118. The number of carbonyl (C=O) groups excluding carboxylic acids is 2. The van der Waals surface area contributed by atoms with Gasteiger partial charge in [0.15, 0.2) is 37.4 Å². The van der Waals surface area contributed by atoms with E-state index in [0.717, 1.165) is 45.1 Å². The lowest BCUT2D eigenvalue weighted by Crippen LogP contribution is -2.61. The predicted molar refractivity (Wildman–Crippen MR) is 547 cm³/mol. The van der Waals surface area contributed by atoms with Crippen molar-refractivity contribution in [2.24, 2.45) is 45.8 Å². The van der Waals surface area contributed by atoms with Gasteiger partial charge in [0.25, 0.3) is 0 Å². The zero-order valence-electron chi connectivity index (χ0n) is 91.6. The van der Waals surface area contributed by atoms with Crippen LogP contribution in [0.1, 0.15) is 231 Å². The van der Waals surface area contributed by atoms with E-state index in [0.29, 0.717) is 77.8 Å². The van der Waals surface area contributed by atoms with Gasteiger partial charge in [0, 0.05) is 140 Å². The molecule has 11 heterocycles. The number of hydrogen-bond acceptors (Lipinski definition) is 37. The highest BCUT2D eigenvalue weighted by atomic mass is 16.7. The van der Waals surface area contributed by atoms with E-state index < -0.39 is 204 Å². The summed E-state index contributed by atoms with van der Waals surface area (Å²) in [6, 6.07) is 18.4. The number of ether oxygens (including phenoxy) is 12. The molecule has 8 aliphatic rings. The summed E-state index contributed by atoms with van der Waals surface area (Å²) in [5.74, 6) is -5.56. The molecule has 0 aliphatic carbocycles. The van der Waals surface area contributed by atoms with Crippen molar-refractivity contribution in [2.45, 2.75) is 428 Å². The first-order valence-electron chi connectivity index (χ1n) is 53.0. The van der Waals surface area contributed by atoms with Crippen LogP contribution >= 0.6 is 0 Å². The van der Waals surface area contributed by atoms with Crippen LogP contribution in [0.3, 0.4) is 0 Å². The highest BCUT2D eigenvalue weighted by molar-refractivity contribution is 6.02. The number of pyridine rings is 1. The number of esters is 2. The van der Waals surface area contributed by atoms with Gasteiger partial charge in [-0.2, -0.15) is 0 Å². The normalized spacial score (nSPS) is 40.4. The van der Waals surface area contributed by atoms with Gasteiger partial charge in [-0.25, -0.2) is 9.36 Å². The minimum absolute atomic E-state index is 0.100. The molecule has 147 heavy (non-hydrogen) atoms. The van der Waals surface area contributed by atoms with Gasteiger partial charge in [0.05, 0.1) is 119 Å². The number of aliphatic hydroxyl groups is 10. The standard InChI is InChI=1S/C56H87N7O13.C52H86N6O13/c1-14-45-56(10,69)49(65)36(6)62(12)29-32(2)26-54(8,68)51(34(4)48(35(5)52(67)73-45)74-46-27-55(9,70-13)50(66)37(7)72-46)75-53-47(64)44(24-33(3)71-53)61(11)23-21-41-30-63(60-58-41)31-42-25-43(59-76-42)39-19-17-38(18-20-39)40-16-15-22-57-28-40;1-15-41-52(11,64)45(60)34(7)57(13)26-30(3)24-50(9,63)47(32(5)44(33(6)48(62)68-41)69-42-25-51(10,65-14)46(61)35(8)67-42)70-49-43(59)40(22-31(4)66-49)56(12)21-20-37-27-58(55-53-37)28-38-23-39(54-71-38)36-18-16-29(2)17-19-36/h15-20,22,28,30,32-37,42,44-51,53,64-66,68-69H,14,21,23-27,29,31H2,1-13H3;16-19,27,30-35,38,40-47,49,59-61,63-64H,15,20-26,28H2,1-14H3/t32-,33-,34+,35-,36-,37+,42-,44+,45-,46+,47-,48+,49-,50+,51-,53+,54-,55-,56-;30-,31-,32+,33-,34-,35+,38?,40+,41-,42+,43-,44+,45-,46+,47-,49+,50-,51-,52-/m11/s1. The summed E-state index contributed by atoms with van der Waals surface area (Å²) >= 11 is 0. The van der Waals surface area contributed by atoms with E-state index in [1.807, 2.05) is 122 Å². The molecule has 0 amide bonds. The van der Waals surface area contributed by atoms with Crippen LogP contribution in [-0.4, -0.2) is 390 Å². The number of benzene rings is 2. The van der Waals surface area contributed by atoms with Gasteiger partial charge < -0.3 is 137 Å². The number of aliphatic hydroxyl groups excluding tert-OH is 6. The van der Waals surface area contributed by atoms with Gasteiger partial charge in [0.1, 0.15) is 60.0 Å².